The summed E-state index contributed by atoms with van der Waals surface area (Å²) in [7, 11) is 1.79. The average molecular weight is 298 g/mol. The Kier molecular flexibility index (Phi) is 4.07. The van der Waals surface area contributed by atoms with Crippen LogP contribution < -0.4 is 5.32 Å². The van der Waals surface area contributed by atoms with Gasteiger partial charge in [0.1, 0.15) is 5.82 Å². The first kappa shape index (κ1) is 14.9. The van der Waals surface area contributed by atoms with E-state index in [-0.39, 0.29) is 5.60 Å². The van der Waals surface area contributed by atoms with Gasteiger partial charge in [-0.1, -0.05) is 0 Å². The third-order valence-electron chi connectivity index (χ3n) is 4.58. The zero-order valence-electron chi connectivity index (χ0n) is 13.4. The molecule has 0 aliphatic heterocycles. The normalized spacial score (nSPS) is 16.1. The Labute approximate surface area is 131 Å². The van der Waals surface area contributed by atoms with Crippen LogP contribution in [-0.2, 0) is 4.74 Å². The molecular weight excluding hydrogens is 276 g/mol. The minimum atomic E-state index is -0.0280. The maximum Gasteiger partial charge on any atom is 0.163 e. The van der Waals surface area contributed by atoms with Crippen molar-refractivity contribution in [3.05, 3.63) is 35.8 Å². The van der Waals surface area contributed by atoms with E-state index < -0.39 is 0 Å². The monoisotopic (exact) mass is 298 g/mol. The maximum absolute atomic E-state index is 5.66. The molecule has 1 aliphatic rings. The molecule has 1 saturated carbocycles. The van der Waals surface area contributed by atoms with Crippen molar-refractivity contribution >= 4 is 5.82 Å². The van der Waals surface area contributed by atoms with Crippen molar-refractivity contribution in [1.29, 1.82) is 0 Å². The molecule has 1 fully saturated rings. The number of pyridine rings is 1. The molecule has 0 amide bonds. The Bertz CT molecular complexity index is 648. The van der Waals surface area contributed by atoms with Gasteiger partial charge in [0.2, 0.25) is 0 Å². The molecule has 0 atom stereocenters. The molecule has 0 saturated heterocycles. The lowest BCUT2D eigenvalue weighted by atomic mass is 9.80. The van der Waals surface area contributed by atoms with E-state index in [0.717, 1.165) is 42.0 Å². The molecule has 22 heavy (non-hydrogen) atoms. The van der Waals surface area contributed by atoms with Gasteiger partial charge in [-0.15, -0.1) is 0 Å². The third kappa shape index (κ3) is 2.81. The van der Waals surface area contributed by atoms with Gasteiger partial charge in [0.25, 0.3) is 0 Å². The van der Waals surface area contributed by atoms with E-state index in [2.05, 4.69) is 20.3 Å². The van der Waals surface area contributed by atoms with Crippen LogP contribution in [0.3, 0.4) is 0 Å². The van der Waals surface area contributed by atoms with E-state index in [1.165, 1.54) is 6.42 Å². The van der Waals surface area contributed by atoms with Crippen LogP contribution >= 0.6 is 0 Å². The molecule has 3 rings (SSSR count). The first-order valence-corrected chi connectivity index (χ1v) is 7.68. The molecule has 5 nitrogen and oxygen atoms in total. The first-order valence-electron chi connectivity index (χ1n) is 7.68. The molecule has 0 aromatic carbocycles. The second-order valence-corrected chi connectivity index (χ2v) is 5.94. The van der Waals surface area contributed by atoms with Crippen molar-refractivity contribution in [3.63, 3.8) is 0 Å². The van der Waals surface area contributed by atoms with Gasteiger partial charge in [0.05, 0.1) is 5.60 Å². The number of aromatic nitrogens is 3. The van der Waals surface area contributed by atoms with Crippen LogP contribution in [0.1, 0.15) is 30.5 Å². The number of methoxy groups -OCH3 is 1. The SMILES string of the molecule is COC1(CNc2nc(-c3cccnc3)nc(C)c2C)CCC1. The summed E-state index contributed by atoms with van der Waals surface area (Å²) in [6.07, 6.45) is 6.99. The number of nitrogens with zero attached hydrogens (tertiary/aromatic N) is 3. The quantitative estimate of drug-likeness (QED) is 0.919. The van der Waals surface area contributed by atoms with E-state index in [4.69, 9.17) is 4.74 Å². The molecule has 116 valence electrons. The van der Waals surface area contributed by atoms with Crippen LogP contribution in [-0.4, -0.2) is 34.2 Å². The Morgan fingerprint density at radius 2 is 2.09 bits per heavy atom. The van der Waals surface area contributed by atoms with Gasteiger partial charge in [0, 0.05) is 42.9 Å². The standard InChI is InChI=1S/C17H22N4O/c1-12-13(2)20-16(14-6-4-9-18-10-14)21-15(12)19-11-17(22-3)7-5-8-17/h4,6,9-10H,5,7-8,11H2,1-3H3,(H,19,20,21). The number of ether oxygens (including phenoxy) is 1. The van der Waals surface area contributed by atoms with Gasteiger partial charge in [-0.25, -0.2) is 9.97 Å². The third-order valence-corrected chi connectivity index (χ3v) is 4.58. The van der Waals surface area contributed by atoms with Gasteiger partial charge < -0.3 is 10.1 Å². The van der Waals surface area contributed by atoms with Gasteiger partial charge in [-0.3, -0.25) is 4.98 Å². The Morgan fingerprint density at radius 1 is 1.27 bits per heavy atom. The molecule has 0 bridgehead atoms. The zero-order valence-corrected chi connectivity index (χ0v) is 13.4. The summed E-state index contributed by atoms with van der Waals surface area (Å²) in [5.74, 6) is 1.59. The average Bonchev–Trinajstić information content (AvgIpc) is 2.51. The molecule has 2 aromatic heterocycles. The topological polar surface area (TPSA) is 59.9 Å². The molecule has 0 spiro atoms. The largest absolute Gasteiger partial charge is 0.376 e. The van der Waals surface area contributed by atoms with Crippen molar-refractivity contribution < 1.29 is 4.74 Å². The number of anilines is 1. The van der Waals surface area contributed by atoms with E-state index >= 15 is 0 Å². The Hall–Kier alpha value is -2.01. The summed E-state index contributed by atoms with van der Waals surface area (Å²) in [6, 6.07) is 3.87. The summed E-state index contributed by atoms with van der Waals surface area (Å²) in [6.45, 7) is 4.84. The number of rotatable bonds is 5. The fraction of sp³-hybridized carbons (Fsp3) is 0.471. The van der Waals surface area contributed by atoms with Crippen molar-refractivity contribution in [3.8, 4) is 11.4 Å². The van der Waals surface area contributed by atoms with Crippen molar-refractivity contribution in [2.75, 3.05) is 19.0 Å². The second kappa shape index (κ2) is 6.01. The predicted octanol–water partition coefficient (Wildman–Crippen LogP) is 3.14. The van der Waals surface area contributed by atoms with Crippen LogP contribution in [0.5, 0.6) is 0 Å². The molecule has 2 aromatic rings. The van der Waals surface area contributed by atoms with Crippen LogP contribution in [0, 0.1) is 13.8 Å². The summed E-state index contributed by atoms with van der Waals surface area (Å²) in [4.78, 5) is 13.4. The lowest BCUT2D eigenvalue weighted by Gasteiger charge is -2.40. The Morgan fingerprint density at radius 3 is 2.68 bits per heavy atom. The summed E-state index contributed by atoms with van der Waals surface area (Å²) >= 11 is 0. The minimum Gasteiger partial charge on any atom is -0.376 e. The van der Waals surface area contributed by atoms with Gasteiger partial charge >= 0.3 is 0 Å². The van der Waals surface area contributed by atoms with Gasteiger partial charge in [-0.2, -0.15) is 0 Å². The van der Waals surface area contributed by atoms with E-state index in [0.29, 0.717) is 5.82 Å². The first-order chi connectivity index (χ1) is 10.6. The highest BCUT2D eigenvalue weighted by Gasteiger charge is 2.36. The highest BCUT2D eigenvalue weighted by molar-refractivity contribution is 5.58. The molecule has 0 unspecified atom stereocenters. The fourth-order valence-electron chi connectivity index (χ4n) is 2.69. The lowest BCUT2D eigenvalue weighted by Crippen LogP contribution is -2.45. The molecule has 0 radical (unpaired) electrons. The van der Waals surface area contributed by atoms with Crippen molar-refractivity contribution in [2.45, 2.75) is 38.7 Å². The summed E-state index contributed by atoms with van der Waals surface area (Å²) in [5.41, 5.74) is 2.97. The Balaban J connectivity index is 1.86. The van der Waals surface area contributed by atoms with Crippen molar-refractivity contribution in [1.82, 2.24) is 15.0 Å². The van der Waals surface area contributed by atoms with Crippen molar-refractivity contribution in [2.24, 2.45) is 0 Å². The van der Waals surface area contributed by atoms with Gasteiger partial charge in [-0.05, 0) is 45.2 Å². The molecule has 1 aliphatic carbocycles. The molecule has 2 heterocycles. The highest BCUT2D eigenvalue weighted by Crippen LogP contribution is 2.35. The number of hydrogen-bond acceptors (Lipinski definition) is 5. The van der Waals surface area contributed by atoms with Crippen LogP contribution in [0.4, 0.5) is 5.82 Å². The maximum atomic E-state index is 5.66. The molecule has 1 N–H and O–H groups in total. The number of aryl methyl sites for hydroxylation is 1. The lowest BCUT2D eigenvalue weighted by molar-refractivity contribution is -0.0601. The highest BCUT2D eigenvalue weighted by atomic mass is 16.5. The zero-order chi connectivity index (χ0) is 15.6. The van der Waals surface area contributed by atoms with Crippen LogP contribution in [0.25, 0.3) is 11.4 Å². The fourth-order valence-corrected chi connectivity index (χ4v) is 2.69. The summed E-state index contributed by atoms with van der Waals surface area (Å²) in [5, 5.41) is 3.46. The smallest absolute Gasteiger partial charge is 0.163 e. The molecular formula is C17H22N4O. The van der Waals surface area contributed by atoms with Crippen LogP contribution in [0.15, 0.2) is 24.5 Å². The molecule has 5 heteroatoms. The number of hydrogen-bond donors (Lipinski definition) is 1. The summed E-state index contributed by atoms with van der Waals surface area (Å²) < 4.78 is 5.66. The van der Waals surface area contributed by atoms with Gasteiger partial charge in [0.15, 0.2) is 5.82 Å². The van der Waals surface area contributed by atoms with Crippen LogP contribution in [0.2, 0.25) is 0 Å². The number of nitrogens with one attached hydrogen (secondary N) is 1. The van der Waals surface area contributed by atoms with E-state index in [1.54, 1.807) is 19.5 Å². The van der Waals surface area contributed by atoms with E-state index in [9.17, 15) is 0 Å². The van der Waals surface area contributed by atoms with E-state index in [1.807, 2.05) is 26.0 Å². The second-order valence-electron chi connectivity index (χ2n) is 5.94. The predicted molar refractivity (Wildman–Crippen MR) is 86.8 cm³/mol. The minimum absolute atomic E-state index is 0.0280.